The number of carbonyl (C=O) groups excluding carboxylic acids is 1. The zero-order chi connectivity index (χ0) is 16.2. The Labute approximate surface area is 140 Å². The Kier molecular flexibility index (Phi) is 5.54. The third-order valence-electron chi connectivity index (χ3n) is 2.50. The van der Waals surface area contributed by atoms with Gasteiger partial charge in [0.05, 0.1) is 5.38 Å². The minimum absolute atomic E-state index is 0.0910. The Hall–Kier alpha value is -1.45. The standard InChI is InChI=1S/C13H13BrN2O4S2/c1-2-5-12(17)20-11-8-21-13(15-11)16-22(18,19)10-7-4-3-6-9(10)14/h3-4,6-8H,2,5H2,1H3,(H,15,16). The van der Waals surface area contributed by atoms with Gasteiger partial charge in [0.1, 0.15) is 4.90 Å². The minimum atomic E-state index is -3.76. The number of carbonyl (C=O) groups is 1. The summed E-state index contributed by atoms with van der Waals surface area (Å²) in [4.78, 5) is 15.4. The number of nitrogens with one attached hydrogen (secondary N) is 1. The molecule has 0 amide bonds. The van der Waals surface area contributed by atoms with E-state index in [1.54, 1.807) is 18.2 Å². The highest BCUT2D eigenvalue weighted by Crippen LogP contribution is 2.27. The number of benzene rings is 1. The first kappa shape index (κ1) is 16.9. The normalized spacial score (nSPS) is 11.2. The second kappa shape index (κ2) is 7.21. The van der Waals surface area contributed by atoms with Crippen molar-refractivity contribution < 1.29 is 17.9 Å². The highest BCUT2D eigenvalue weighted by Gasteiger charge is 2.19. The Morgan fingerprint density at radius 1 is 1.41 bits per heavy atom. The van der Waals surface area contributed by atoms with Crippen LogP contribution >= 0.6 is 27.3 Å². The Morgan fingerprint density at radius 3 is 2.82 bits per heavy atom. The minimum Gasteiger partial charge on any atom is -0.406 e. The van der Waals surface area contributed by atoms with E-state index in [4.69, 9.17) is 4.74 Å². The van der Waals surface area contributed by atoms with E-state index in [9.17, 15) is 13.2 Å². The number of halogens is 1. The molecule has 2 aromatic rings. The highest BCUT2D eigenvalue weighted by molar-refractivity contribution is 9.10. The zero-order valence-electron chi connectivity index (χ0n) is 11.6. The van der Waals surface area contributed by atoms with Crippen LogP contribution in [-0.4, -0.2) is 19.4 Å². The fourth-order valence-corrected chi connectivity index (χ4v) is 4.43. The van der Waals surface area contributed by atoms with E-state index in [0.29, 0.717) is 10.9 Å². The molecule has 0 saturated heterocycles. The van der Waals surface area contributed by atoms with Gasteiger partial charge in [0.2, 0.25) is 5.88 Å². The molecule has 0 unspecified atom stereocenters. The molecule has 0 atom stereocenters. The maximum absolute atomic E-state index is 12.3. The molecule has 0 saturated carbocycles. The highest BCUT2D eigenvalue weighted by atomic mass is 79.9. The van der Waals surface area contributed by atoms with Crippen molar-refractivity contribution in [3.05, 3.63) is 34.1 Å². The van der Waals surface area contributed by atoms with Gasteiger partial charge < -0.3 is 4.74 Å². The van der Waals surface area contributed by atoms with Crippen LogP contribution in [0.2, 0.25) is 0 Å². The molecular weight excluding hydrogens is 392 g/mol. The molecule has 1 aromatic heterocycles. The van der Waals surface area contributed by atoms with Crippen LogP contribution in [0.1, 0.15) is 19.8 Å². The molecule has 1 heterocycles. The number of hydrogen-bond donors (Lipinski definition) is 1. The fourth-order valence-electron chi connectivity index (χ4n) is 1.56. The van der Waals surface area contributed by atoms with Gasteiger partial charge in [0.15, 0.2) is 5.13 Å². The lowest BCUT2D eigenvalue weighted by Gasteiger charge is -2.06. The molecule has 118 valence electrons. The molecule has 0 aliphatic heterocycles. The first-order chi connectivity index (χ1) is 10.4. The molecule has 0 bridgehead atoms. The molecule has 9 heteroatoms. The summed E-state index contributed by atoms with van der Waals surface area (Å²) >= 11 is 4.24. The summed E-state index contributed by atoms with van der Waals surface area (Å²) < 4.78 is 32.4. The van der Waals surface area contributed by atoms with Crippen molar-refractivity contribution >= 4 is 48.4 Å². The SMILES string of the molecule is CCCC(=O)Oc1csc(NS(=O)(=O)c2ccccc2Br)n1. The van der Waals surface area contributed by atoms with Crippen molar-refractivity contribution in [2.75, 3.05) is 4.72 Å². The topological polar surface area (TPSA) is 85.4 Å². The summed E-state index contributed by atoms with van der Waals surface area (Å²) in [7, 11) is -3.76. The maximum atomic E-state index is 12.3. The summed E-state index contributed by atoms with van der Waals surface area (Å²) in [6.45, 7) is 1.86. The van der Waals surface area contributed by atoms with Gasteiger partial charge in [-0.05, 0) is 34.5 Å². The van der Waals surface area contributed by atoms with Crippen molar-refractivity contribution in [2.24, 2.45) is 0 Å². The van der Waals surface area contributed by atoms with Crippen LogP contribution in [0.3, 0.4) is 0 Å². The third kappa shape index (κ3) is 4.28. The van der Waals surface area contributed by atoms with Gasteiger partial charge in [-0.15, -0.1) is 11.3 Å². The van der Waals surface area contributed by atoms with E-state index in [0.717, 1.165) is 11.3 Å². The van der Waals surface area contributed by atoms with E-state index in [2.05, 4.69) is 25.6 Å². The molecule has 0 radical (unpaired) electrons. The Bertz CT molecular complexity index is 774. The molecular formula is C13H13BrN2O4S2. The average Bonchev–Trinajstić information content (AvgIpc) is 2.85. The predicted octanol–water partition coefficient (Wildman–Crippen LogP) is 3.41. The first-order valence-corrected chi connectivity index (χ1v) is 9.51. The number of esters is 1. The zero-order valence-corrected chi connectivity index (χ0v) is 14.8. The van der Waals surface area contributed by atoms with Crippen LogP contribution < -0.4 is 9.46 Å². The lowest BCUT2D eigenvalue weighted by Crippen LogP contribution is -2.13. The summed E-state index contributed by atoms with van der Waals surface area (Å²) in [5.74, 6) is -0.304. The molecule has 1 N–H and O–H groups in total. The molecule has 0 aliphatic carbocycles. The molecule has 22 heavy (non-hydrogen) atoms. The van der Waals surface area contributed by atoms with Crippen LogP contribution in [0, 0.1) is 0 Å². The van der Waals surface area contributed by atoms with E-state index in [-0.39, 0.29) is 22.3 Å². The molecule has 2 rings (SSSR count). The first-order valence-electron chi connectivity index (χ1n) is 6.36. The van der Waals surface area contributed by atoms with Crippen LogP contribution in [0.4, 0.5) is 5.13 Å². The van der Waals surface area contributed by atoms with Gasteiger partial charge in [-0.2, -0.15) is 4.98 Å². The van der Waals surface area contributed by atoms with Crippen molar-refractivity contribution in [1.29, 1.82) is 0 Å². The van der Waals surface area contributed by atoms with Crippen molar-refractivity contribution in [3.8, 4) is 5.88 Å². The average molecular weight is 405 g/mol. The third-order valence-corrected chi connectivity index (χ3v) is 5.72. The Balaban J connectivity index is 2.13. The van der Waals surface area contributed by atoms with E-state index >= 15 is 0 Å². The lowest BCUT2D eigenvalue weighted by molar-refractivity contribution is -0.134. The maximum Gasteiger partial charge on any atom is 0.312 e. The van der Waals surface area contributed by atoms with E-state index < -0.39 is 16.0 Å². The quantitative estimate of drug-likeness (QED) is 0.745. The second-order valence-electron chi connectivity index (χ2n) is 4.25. The van der Waals surface area contributed by atoms with Gasteiger partial charge in [-0.25, -0.2) is 8.42 Å². The smallest absolute Gasteiger partial charge is 0.312 e. The van der Waals surface area contributed by atoms with E-state index in [1.165, 1.54) is 11.4 Å². The molecule has 0 spiro atoms. The van der Waals surface area contributed by atoms with E-state index in [1.807, 2.05) is 6.92 Å². The van der Waals surface area contributed by atoms with Crippen LogP contribution in [-0.2, 0) is 14.8 Å². The van der Waals surface area contributed by atoms with Crippen LogP contribution in [0.5, 0.6) is 5.88 Å². The molecule has 6 nitrogen and oxygen atoms in total. The van der Waals surface area contributed by atoms with Crippen LogP contribution in [0.25, 0.3) is 0 Å². The number of rotatable bonds is 6. The number of hydrogen-bond acceptors (Lipinski definition) is 6. The number of nitrogens with zero attached hydrogens (tertiary/aromatic N) is 1. The van der Waals surface area contributed by atoms with Gasteiger partial charge >= 0.3 is 5.97 Å². The summed E-state index contributed by atoms with van der Waals surface area (Å²) in [5, 5.41) is 1.61. The van der Waals surface area contributed by atoms with Crippen molar-refractivity contribution in [1.82, 2.24) is 4.98 Å². The number of anilines is 1. The largest absolute Gasteiger partial charge is 0.406 e. The molecule has 0 aliphatic rings. The summed E-state index contributed by atoms with van der Waals surface area (Å²) in [6, 6.07) is 6.45. The Morgan fingerprint density at radius 2 is 2.14 bits per heavy atom. The number of aromatic nitrogens is 1. The van der Waals surface area contributed by atoms with Gasteiger partial charge in [-0.1, -0.05) is 19.1 Å². The number of thiazole rings is 1. The molecule has 0 fully saturated rings. The predicted molar refractivity (Wildman–Crippen MR) is 87.6 cm³/mol. The van der Waals surface area contributed by atoms with Crippen LogP contribution in [0.15, 0.2) is 39.0 Å². The van der Waals surface area contributed by atoms with Gasteiger partial charge in [0.25, 0.3) is 10.0 Å². The fraction of sp³-hybridized carbons (Fsp3) is 0.231. The summed E-state index contributed by atoms with van der Waals surface area (Å²) in [6.07, 6.45) is 0.958. The van der Waals surface area contributed by atoms with Crippen molar-refractivity contribution in [2.45, 2.75) is 24.7 Å². The monoisotopic (exact) mass is 404 g/mol. The number of ether oxygens (including phenoxy) is 1. The van der Waals surface area contributed by atoms with Gasteiger partial charge in [0, 0.05) is 10.9 Å². The second-order valence-corrected chi connectivity index (χ2v) is 7.61. The number of sulfonamides is 1. The lowest BCUT2D eigenvalue weighted by atomic mass is 10.3. The van der Waals surface area contributed by atoms with Crippen molar-refractivity contribution in [3.63, 3.8) is 0 Å². The molecule has 1 aromatic carbocycles. The van der Waals surface area contributed by atoms with Gasteiger partial charge in [-0.3, -0.25) is 9.52 Å². The summed E-state index contributed by atoms with van der Waals surface area (Å²) in [5.41, 5.74) is 0.